The molecule has 3 N–H and O–H groups in total. The van der Waals surface area contributed by atoms with Crippen LogP contribution in [0, 0.1) is 6.92 Å². The van der Waals surface area contributed by atoms with Crippen LogP contribution in [0.1, 0.15) is 40.1 Å². The van der Waals surface area contributed by atoms with Gasteiger partial charge in [0.05, 0.1) is 5.52 Å². The van der Waals surface area contributed by atoms with Crippen LogP contribution in [0.5, 0.6) is 11.5 Å². The molecule has 41 heavy (non-hydrogen) atoms. The molecule has 0 aliphatic rings. The summed E-state index contributed by atoms with van der Waals surface area (Å²) in [5.41, 5.74) is 5.05. The van der Waals surface area contributed by atoms with E-state index in [0.29, 0.717) is 34.0 Å². The summed E-state index contributed by atoms with van der Waals surface area (Å²) in [6.45, 7) is 5.69. The minimum Gasteiger partial charge on any atom is -0.457 e. The van der Waals surface area contributed by atoms with Crippen LogP contribution in [0.3, 0.4) is 0 Å². The lowest BCUT2D eigenvalue weighted by Crippen LogP contribution is -2.34. The second-order valence-corrected chi connectivity index (χ2v) is 9.95. The van der Waals surface area contributed by atoms with Crippen molar-refractivity contribution in [1.29, 1.82) is 0 Å². The van der Waals surface area contributed by atoms with Gasteiger partial charge in [0.25, 0.3) is 5.91 Å². The Bertz CT molecular complexity index is 1720. The molecule has 0 saturated heterocycles. The normalized spacial score (nSPS) is 10.8. The van der Waals surface area contributed by atoms with Crippen LogP contribution >= 0.6 is 0 Å². The monoisotopic (exact) mass is 546 g/mol. The summed E-state index contributed by atoms with van der Waals surface area (Å²) in [6, 6.07) is 27.2. The number of carbonyl (C=O) groups is 3. The number of carbonyl (C=O) groups excluding carboxylic acids is 3. The van der Waals surface area contributed by atoms with Crippen LogP contribution in [0.2, 0.25) is 0 Å². The largest absolute Gasteiger partial charge is 0.457 e. The molecule has 0 bridgehead atoms. The van der Waals surface area contributed by atoms with E-state index in [1.807, 2.05) is 67.8 Å². The molecule has 206 valence electrons. The summed E-state index contributed by atoms with van der Waals surface area (Å²) in [4.78, 5) is 36.3. The predicted molar refractivity (Wildman–Crippen MR) is 162 cm³/mol. The summed E-state index contributed by atoms with van der Waals surface area (Å²) < 4.78 is 7.95. The molecule has 0 saturated carbocycles. The molecule has 0 radical (unpaired) electrons. The van der Waals surface area contributed by atoms with E-state index in [9.17, 15) is 14.4 Å². The number of aryl methyl sites for hydroxylation is 1. The van der Waals surface area contributed by atoms with E-state index in [1.165, 1.54) is 0 Å². The summed E-state index contributed by atoms with van der Waals surface area (Å²) in [6.07, 6.45) is 2.65. The summed E-state index contributed by atoms with van der Waals surface area (Å²) >= 11 is 0. The number of hydrogen-bond donors (Lipinski definition) is 3. The van der Waals surface area contributed by atoms with Crippen LogP contribution in [0.15, 0.2) is 97.2 Å². The Labute approximate surface area is 238 Å². The SMILES string of the molecule is Cc1cc(NC(=O)c2ccc(-n3cc(C=O)c4ccccc43)cc2)ccc1Oc1ccc(NC(=O)NC(C)C)cc1. The van der Waals surface area contributed by atoms with Gasteiger partial charge in [-0.05, 0) is 99.1 Å². The Balaban J connectivity index is 1.23. The van der Waals surface area contributed by atoms with Crippen molar-refractivity contribution in [3.63, 3.8) is 0 Å². The van der Waals surface area contributed by atoms with Crippen molar-refractivity contribution in [3.05, 3.63) is 114 Å². The number of benzene rings is 4. The van der Waals surface area contributed by atoms with Gasteiger partial charge in [0.2, 0.25) is 0 Å². The molecule has 0 unspecified atom stereocenters. The number of anilines is 2. The predicted octanol–water partition coefficient (Wildman–Crippen LogP) is 7.33. The highest BCUT2D eigenvalue weighted by molar-refractivity contribution is 6.04. The van der Waals surface area contributed by atoms with E-state index in [-0.39, 0.29) is 18.0 Å². The quantitative estimate of drug-likeness (QED) is 0.177. The standard InChI is InChI=1S/C33H30N4O4/c1-21(2)34-33(40)36-25-10-15-28(16-11-25)41-31-17-12-26(18-22(31)3)35-32(39)23-8-13-27(14-9-23)37-19-24(20-38)29-6-4-5-7-30(29)37/h4-21H,1-3H3,(H,35,39)(H2,34,36,40). The maximum absolute atomic E-state index is 12.9. The van der Waals surface area contributed by atoms with Crippen LogP contribution in [0.25, 0.3) is 16.6 Å². The molecule has 0 aliphatic heterocycles. The number of para-hydroxylation sites is 1. The van der Waals surface area contributed by atoms with Crippen molar-refractivity contribution in [1.82, 2.24) is 9.88 Å². The number of hydrogen-bond acceptors (Lipinski definition) is 4. The third-order valence-electron chi connectivity index (χ3n) is 6.47. The first-order valence-electron chi connectivity index (χ1n) is 13.2. The Morgan fingerprint density at radius 1 is 0.854 bits per heavy atom. The zero-order valence-corrected chi connectivity index (χ0v) is 23.0. The van der Waals surface area contributed by atoms with Crippen molar-refractivity contribution in [2.75, 3.05) is 10.6 Å². The van der Waals surface area contributed by atoms with Gasteiger partial charge in [-0.3, -0.25) is 9.59 Å². The molecule has 0 fully saturated rings. The summed E-state index contributed by atoms with van der Waals surface area (Å²) in [5, 5.41) is 9.37. The van der Waals surface area contributed by atoms with Gasteiger partial charge < -0.3 is 25.3 Å². The smallest absolute Gasteiger partial charge is 0.319 e. The van der Waals surface area contributed by atoms with Crippen LogP contribution in [-0.4, -0.2) is 28.8 Å². The summed E-state index contributed by atoms with van der Waals surface area (Å²) in [7, 11) is 0. The van der Waals surface area contributed by atoms with Gasteiger partial charge in [-0.15, -0.1) is 0 Å². The molecular formula is C33H30N4O4. The molecule has 0 aliphatic carbocycles. The molecule has 5 aromatic rings. The second kappa shape index (κ2) is 11.8. The second-order valence-electron chi connectivity index (χ2n) is 9.95. The van der Waals surface area contributed by atoms with Crippen molar-refractivity contribution in [2.24, 2.45) is 0 Å². The minimum absolute atomic E-state index is 0.0452. The Kier molecular flexibility index (Phi) is 7.83. The van der Waals surface area contributed by atoms with Gasteiger partial charge in [-0.25, -0.2) is 4.79 Å². The van der Waals surface area contributed by atoms with E-state index in [0.717, 1.165) is 28.4 Å². The molecule has 5 rings (SSSR count). The Hall–Kier alpha value is -5.37. The first-order valence-corrected chi connectivity index (χ1v) is 13.2. The third kappa shape index (κ3) is 6.28. The zero-order chi connectivity index (χ0) is 28.9. The van der Waals surface area contributed by atoms with Crippen molar-refractivity contribution < 1.29 is 19.1 Å². The van der Waals surface area contributed by atoms with Crippen LogP contribution in [-0.2, 0) is 0 Å². The number of urea groups is 1. The number of nitrogens with one attached hydrogen (secondary N) is 3. The van der Waals surface area contributed by atoms with Gasteiger partial charge in [0.15, 0.2) is 6.29 Å². The van der Waals surface area contributed by atoms with E-state index >= 15 is 0 Å². The maximum atomic E-state index is 12.9. The number of ether oxygens (including phenoxy) is 1. The first-order chi connectivity index (χ1) is 19.8. The van der Waals surface area contributed by atoms with Gasteiger partial charge in [-0.2, -0.15) is 0 Å². The first kappa shape index (κ1) is 27.2. The molecule has 8 nitrogen and oxygen atoms in total. The van der Waals surface area contributed by atoms with E-state index in [2.05, 4.69) is 16.0 Å². The van der Waals surface area contributed by atoms with Crippen LogP contribution in [0.4, 0.5) is 16.2 Å². The van der Waals surface area contributed by atoms with Crippen molar-refractivity contribution in [2.45, 2.75) is 26.8 Å². The van der Waals surface area contributed by atoms with Gasteiger partial charge >= 0.3 is 6.03 Å². The fourth-order valence-electron chi connectivity index (χ4n) is 4.49. The average Bonchev–Trinajstić information content (AvgIpc) is 3.34. The number of rotatable bonds is 8. The molecular weight excluding hydrogens is 516 g/mol. The van der Waals surface area contributed by atoms with Gasteiger partial charge in [-0.1, -0.05) is 18.2 Å². The highest BCUT2D eigenvalue weighted by Crippen LogP contribution is 2.29. The molecule has 3 amide bonds. The number of nitrogens with zero attached hydrogens (tertiary/aromatic N) is 1. The highest BCUT2D eigenvalue weighted by atomic mass is 16.5. The lowest BCUT2D eigenvalue weighted by Gasteiger charge is -2.13. The van der Waals surface area contributed by atoms with E-state index in [1.54, 1.807) is 54.7 Å². The molecule has 1 aromatic heterocycles. The molecule has 4 aromatic carbocycles. The average molecular weight is 547 g/mol. The topological polar surface area (TPSA) is 101 Å². The van der Waals surface area contributed by atoms with E-state index in [4.69, 9.17) is 4.74 Å². The van der Waals surface area contributed by atoms with Gasteiger partial charge in [0.1, 0.15) is 11.5 Å². The van der Waals surface area contributed by atoms with Crippen molar-refractivity contribution in [3.8, 4) is 17.2 Å². The Morgan fingerprint density at radius 2 is 1.56 bits per heavy atom. The molecule has 8 heteroatoms. The molecule has 0 spiro atoms. The highest BCUT2D eigenvalue weighted by Gasteiger charge is 2.12. The minimum atomic E-state index is -0.263. The molecule has 0 atom stereocenters. The molecule has 1 heterocycles. The number of aromatic nitrogens is 1. The number of aldehydes is 1. The fourth-order valence-corrected chi connectivity index (χ4v) is 4.49. The zero-order valence-electron chi connectivity index (χ0n) is 23.0. The lowest BCUT2D eigenvalue weighted by molar-refractivity contribution is 0.102. The van der Waals surface area contributed by atoms with Crippen LogP contribution < -0.4 is 20.7 Å². The van der Waals surface area contributed by atoms with Gasteiger partial charge in [0, 0.05) is 45.8 Å². The fraction of sp³-hybridized carbons (Fsp3) is 0.121. The van der Waals surface area contributed by atoms with E-state index < -0.39 is 0 Å². The summed E-state index contributed by atoms with van der Waals surface area (Å²) in [5.74, 6) is 1.04. The number of fused-ring (bicyclic) bond motifs is 1. The van der Waals surface area contributed by atoms with Crippen molar-refractivity contribution >= 4 is 40.5 Å². The Morgan fingerprint density at radius 3 is 2.24 bits per heavy atom. The number of amides is 3. The third-order valence-corrected chi connectivity index (χ3v) is 6.47. The maximum Gasteiger partial charge on any atom is 0.319 e. The lowest BCUT2D eigenvalue weighted by atomic mass is 10.1.